The van der Waals surface area contributed by atoms with Crippen molar-refractivity contribution in [2.45, 2.75) is 19.9 Å². The van der Waals surface area contributed by atoms with Gasteiger partial charge >= 0.3 is 0 Å². The third kappa shape index (κ3) is 3.25. The van der Waals surface area contributed by atoms with Crippen molar-refractivity contribution in [3.63, 3.8) is 0 Å². The van der Waals surface area contributed by atoms with Gasteiger partial charge in [-0.1, -0.05) is 6.92 Å². The number of thiazole rings is 1. The smallest absolute Gasteiger partial charge is 0.272 e. The molecule has 2 rings (SSSR count). The van der Waals surface area contributed by atoms with Crippen molar-refractivity contribution in [2.75, 3.05) is 5.32 Å². The molecule has 0 atom stereocenters. The molecule has 19 heavy (non-hydrogen) atoms. The van der Waals surface area contributed by atoms with E-state index in [-0.39, 0.29) is 11.4 Å². The molecule has 0 saturated carbocycles. The van der Waals surface area contributed by atoms with Gasteiger partial charge in [-0.3, -0.25) is 10.1 Å². The van der Waals surface area contributed by atoms with E-state index < -0.39 is 10.7 Å². The minimum Gasteiger partial charge on any atom is -0.376 e. The summed E-state index contributed by atoms with van der Waals surface area (Å²) < 4.78 is 13.6. The molecule has 0 unspecified atom stereocenters. The van der Waals surface area contributed by atoms with E-state index in [1.54, 1.807) is 17.5 Å². The molecule has 1 aromatic heterocycles. The van der Waals surface area contributed by atoms with Crippen molar-refractivity contribution in [2.24, 2.45) is 0 Å². The zero-order valence-electron chi connectivity index (χ0n) is 10.2. The minimum atomic E-state index is -0.638. The van der Waals surface area contributed by atoms with E-state index >= 15 is 0 Å². The van der Waals surface area contributed by atoms with Crippen LogP contribution in [0.4, 0.5) is 15.8 Å². The molecule has 7 heteroatoms. The van der Waals surface area contributed by atoms with Gasteiger partial charge in [0.15, 0.2) is 5.82 Å². The maximum atomic E-state index is 13.6. The van der Waals surface area contributed by atoms with Crippen LogP contribution in [0.15, 0.2) is 24.4 Å². The number of aryl methyl sites for hydroxylation is 1. The van der Waals surface area contributed by atoms with Crippen LogP contribution in [-0.4, -0.2) is 9.91 Å². The summed E-state index contributed by atoms with van der Waals surface area (Å²) in [6, 6.07) is 3.54. The van der Waals surface area contributed by atoms with Gasteiger partial charge in [0.2, 0.25) is 0 Å². The first kappa shape index (κ1) is 13.4. The molecule has 2 aromatic rings. The van der Waals surface area contributed by atoms with Crippen molar-refractivity contribution in [3.05, 3.63) is 50.2 Å². The number of nitrogens with zero attached hydrogens (tertiary/aromatic N) is 2. The quantitative estimate of drug-likeness (QED) is 0.674. The number of non-ortho nitro benzene ring substituents is 1. The van der Waals surface area contributed by atoms with Crippen molar-refractivity contribution in [3.8, 4) is 0 Å². The molecule has 1 aromatic carbocycles. The van der Waals surface area contributed by atoms with Crippen molar-refractivity contribution in [1.29, 1.82) is 0 Å². The number of nitro groups is 1. The molecule has 0 spiro atoms. The van der Waals surface area contributed by atoms with Crippen LogP contribution < -0.4 is 5.32 Å². The fourth-order valence-electron chi connectivity index (χ4n) is 1.52. The molecule has 5 nitrogen and oxygen atoms in total. The van der Waals surface area contributed by atoms with E-state index in [1.165, 1.54) is 17.0 Å². The Morgan fingerprint density at radius 3 is 2.89 bits per heavy atom. The average Bonchev–Trinajstić information content (AvgIpc) is 2.85. The molecule has 0 aliphatic rings. The van der Waals surface area contributed by atoms with Crippen LogP contribution in [0.5, 0.6) is 0 Å². The molecule has 0 saturated heterocycles. The van der Waals surface area contributed by atoms with Crippen LogP contribution in [0.25, 0.3) is 0 Å². The van der Waals surface area contributed by atoms with E-state index in [1.807, 2.05) is 6.92 Å². The number of halogens is 1. The second kappa shape index (κ2) is 5.75. The van der Waals surface area contributed by atoms with Gasteiger partial charge in [0.1, 0.15) is 5.01 Å². The molecule has 1 heterocycles. The summed E-state index contributed by atoms with van der Waals surface area (Å²) in [6.07, 6.45) is 2.72. The molecule has 0 bridgehead atoms. The van der Waals surface area contributed by atoms with Gasteiger partial charge in [-0.2, -0.15) is 0 Å². The van der Waals surface area contributed by atoms with Crippen LogP contribution >= 0.6 is 11.3 Å². The number of nitro benzene ring substituents is 1. The van der Waals surface area contributed by atoms with E-state index in [0.29, 0.717) is 6.54 Å². The lowest BCUT2D eigenvalue weighted by atomic mass is 10.2. The molecule has 0 fully saturated rings. The zero-order chi connectivity index (χ0) is 13.8. The van der Waals surface area contributed by atoms with E-state index in [9.17, 15) is 14.5 Å². The predicted molar refractivity (Wildman–Crippen MR) is 71.9 cm³/mol. The number of hydrogen-bond donors (Lipinski definition) is 1. The summed E-state index contributed by atoms with van der Waals surface area (Å²) in [6.45, 7) is 2.44. The fourth-order valence-corrected chi connectivity index (χ4v) is 2.33. The third-order valence-corrected chi connectivity index (χ3v) is 3.69. The lowest BCUT2D eigenvalue weighted by molar-refractivity contribution is -0.385. The second-order valence-electron chi connectivity index (χ2n) is 3.85. The predicted octanol–water partition coefficient (Wildman–Crippen LogP) is 3.36. The topological polar surface area (TPSA) is 68.1 Å². The van der Waals surface area contributed by atoms with Crippen molar-refractivity contribution >= 4 is 22.7 Å². The highest BCUT2D eigenvalue weighted by molar-refractivity contribution is 7.11. The summed E-state index contributed by atoms with van der Waals surface area (Å²) in [5.74, 6) is -0.638. The first-order chi connectivity index (χ1) is 9.10. The number of nitrogens with one attached hydrogen (secondary N) is 1. The van der Waals surface area contributed by atoms with Gasteiger partial charge in [0.05, 0.1) is 23.2 Å². The fraction of sp³-hybridized carbons (Fsp3) is 0.250. The van der Waals surface area contributed by atoms with Gasteiger partial charge in [-0.25, -0.2) is 9.37 Å². The maximum absolute atomic E-state index is 13.6. The van der Waals surface area contributed by atoms with Gasteiger partial charge < -0.3 is 5.32 Å². The van der Waals surface area contributed by atoms with Crippen LogP contribution in [-0.2, 0) is 13.0 Å². The summed E-state index contributed by atoms with van der Waals surface area (Å²) >= 11 is 1.56. The number of benzene rings is 1. The molecule has 0 radical (unpaired) electrons. The summed E-state index contributed by atoms with van der Waals surface area (Å²) in [5, 5.41) is 14.2. The first-order valence-corrected chi connectivity index (χ1v) is 6.53. The van der Waals surface area contributed by atoms with E-state index in [4.69, 9.17) is 0 Å². The van der Waals surface area contributed by atoms with Gasteiger partial charge in [-0.15, -0.1) is 11.3 Å². The number of hydrogen-bond acceptors (Lipinski definition) is 5. The van der Waals surface area contributed by atoms with Crippen LogP contribution in [0.1, 0.15) is 16.8 Å². The van der Waals surface area contributed by atoms with Gasteiger partial charge in [-0.05, 0) is 12.5 Å². The molecule has 1 N–H and O–H groups in total. The van der Waals surface area contributed by atoms with Gasteiger partial charge in [0.25, 0.3) is 5.69 Å². The normalized spacial score (nSPS) is 10.4. The highest BCUT2D eigenvalue weighted by Gasteiger charge is 2.10. The molecule has 0 aliphatic heterocycles. The van der Waals surface area contributed by atoms with Crippen LogP contribution in [0.2, 0.25) is 0 Å². The summed E-state index contributed by atoms with van der Waals surface area (Å²) in [7, 11) is 0. The third-order valence-electron chi connectivity index (χ3n) is 2.54. The van der Waals surface area contributed by atoms with Crippen molar-refractivity contribution < 1.29 is 9.31 Å². The lowest BCUT2D eigenvalue weighted by Gasteiger charge is -2.05. The molecular weight excluding hydrogens is 269 g/mol. The summed E-state index contributed by atoms with van der Waals surface area (Å²) in [5.41, 5.74) is -0.0237. The molecule has 0 aliphatic carbocycles. The maximum Gasteiger partial charge on any atom is 0.272 e. The first-order valence-electron chi connectivity index (χ1n) is 5.71. The van der Waals surface area contributed by atoms with Crippen molar-refractivity contribution in [1.82, 2.24) is 4.98 Å². The molecule has 100 valence electrons. The Labute approximate surface area is 113 Å². The number of anilines is 1. The monoisotopic (exact) mass is 281 g/mol. The highest BCUT2D eigenvalue weighted by atomic mass is 32.1. The summed E-state index contributed by atoms with van der Waals surface area (Å²) in [4.78, 5) is 15.2. The lowest BCUT2D eigenvalue weighted by Crippen LogP contribution is -2.01. The second-order valence-corrected chi connectivity index (χ2v) is 5.05. The Kier molecular flexibility index (Phi) is 4.06. The van der Waals surface area contributed by atoms with Crippen LogP contribution in [0.3, 0.4) is 0 Å². The van der Waals surface area contributed by atoms with Gasteiger partial charge in [0, 0.05) is 17.1 Å². The Hall–Kier alpha value is -2.02. The Morgan fingerprint density at radius 2 is 2.32 bits per heavy atom. The van der Waals surface area contributed by atoms with E-state index in [0.717, 1.165) is 17.5 Å². The standard InChI is InChI=1S/C12H12FN3O2S/c1-2-9-6-15-12(19-9)7-14-11-4-3-8(16(17)18)5-10(11)13/h3-6,14H,2,7H2,1H3. The largest absolute Gasteiger partial charge is 0.376 e. The molecule has 0 amide bonds. The average molecular weight is 281 g/mol. The Balaban J connectivity index is 2.05. The SMILES string of the molecule is CCc1cnc(CNc2ccc([N+](=O)[O-])cc2F)s1. The molecular formula is C12H12FN3O2S. The van der Waals surface area contributed by atoms with E-state index in [2.05, 4.69) is 10.3 Å². The highest BCUT2D eigenvalue weighted by Crippen LogP contribution is 2.22. The Bertz CT molecular complexity index is 600. The number of rotatable bonds is 5. The zero-order valence-corrected chi connectivity index (χ0v) is 11.0. The minimum absolute atomic E-state index is 0.235. The number of aromatic nitrogens is 1. The Morgan fingerprint density at radius 1 is 1.53 bits per heavy atom. The van der Waals surface area contributed by atoms with Crippen LogP contribution in [0, 0.1) is 15.9 Å².